The molecule has 0 amide bonds. The number of benzene rings is 3. The van der Waals surface area contributed by atoms with Gasteiger partial charge < -0.3 is 14.6 Å². The summed E-state index contributed by atoms with van der Waals surface area (Å²) in [7, 11) is 1.66. The van der Waals surface area contributed by atoms with E-state index in [1.165, 1.54) is 0 Å². The van der Waals surface area contributed by atoms with Crippen LogP contribution in [0.25, 0.3) is 0 Å². The molecule has 0 saturated heterocycles. The fourth-order valence-corrected chi connectivity index (χ4v) is 4.13. The molecule has 0 unspecified atom stereocenters. The van der Waals surface area contributed by atoms with Gasteiger partial charge in [0.1, 0.15) is 11.9 Å². The molecule has 31 heavy (non-hydrogen) atoms. The lowest BCUT2D eigenvalue weighted by molar-refractivity contribution is 0.313. The number of methoxy groups -OCH3 is 1. The Kier molecular flexibility index (Phi) is 6.59. The third-order valence-electron chi connectivity index (χ3n) is 5.36. The van der Waals surface area contributed by atoms with E-state index in [9.17, 15) is 5.11 Å². The lowest BCUT2D eigenvalue weighted by Crippen LogP contribution is -2.33. The summed E-state index contributed by atoms with van der Waals surface area (Å²) in [6.07, 6.45) is 0.319. The fourth-order valence-electron chi connectivity index (χ4n) is 3.87. The predicted octanol–water partition coefficient (Wildman–Crippen LogP) is 5.78. The Morgan fingerprint density at radius 2 is 1.71 bits per heavy atom. The lowest BCUT2D eigenvalue weighted by Gasteiger charge is -2.31. The van der Waals surface area contributed by atoms with Crippen molar-refractivity contribution in [3.63, 3.8) is 0 Å². The Morgan fingerprint density at radius 1 is 1.00 bits per heavy atom. The number of hydrogen-bond donors (Lipinski definition) is 2. The summed E-state index contributed by atoms with van der Waals surface area (Å²) >= 11 is 3.50. The molecule has 0 radical (unpaired) electrons. The molecule has 160 valence electrons. The normalized spacial score (nSPS) is 18.4. The Labute approximate surface area is 190 Å². The number of para-hydroxylation sites is 2. The van der Waals surface area contributed by atoms with Crippen molar-refractivity contribution in [1.82, 2.24) is 5.32 Å². The number of halogens is 1. The quantitative estimate of drug-likeness (QED) is 0.468. The molecule has 2 atom stereocenters. The summed E-state index contributed by atoms with van der Waals surface area (Å²) < 4.78 is 12.2. The third-order valence-corrected chi connectivity index (χ3v) is 5.89. The molecule has 6 heteroatoms. The SMILES string of the molecule is CCOc1cccc([C@@H]2CC(c3ccc(Br)cc3)=N[C@@H](c3ccccc3OC)N2)c1O. The molecule has 0 spiro atoms. The number of aliphatic imine (C=N–C) groups is 1. The second kappa shape index (κ2) is 9.54. The summed E-state index contributed by atoms with van der Waals surface area (Å²) in [5, 5.41) is 14.5. The molecule has 0 aliphatic carbocycles. The minimum absolute atomic E-state index is 0.147. The van der Waals surface area contributed by atoms with Gasteiger partial charge in [0.25, 0.3) is 0 Å². The zero-order valence-electron chi connectivity index (χ0n) is 17.5. The van der Waals surface area contributed by atoms with Crippen LogP contribution in [0.2, 0.25) is 0 Å². The van der Waals surface area contributed by atoms with Gasteiger partial charge in [-0.15, -0.1) is 0 Å². The molecule has 0 fully saturated rings. The van der Waals surface area contributed by atoms with Crippen molar-refractivity contribution >= 4 is 21.6 Å². The smallest absolute Gasteiger partial charge is 0.162 e. The first-order valence-electron chi connectivity index (χ1n) is 10.3. The molecule has 4 rings (SSSR count). The van der Waals surface area contributed by atoms with E-state index in [0.717, 1.165) is 32.6 Å². The van der Waals surface area contributed by atoms with Crippen LogP contribution in [0.1, 0.15) is 42.2 Å². The Morgan fingerprint density at radius 3 is 2.45 bits per heavy atom. The number of aromatic hydroxyl groups is 1. The standard InChI is InChI=1S/C25H25BrN2O3/c1-3-31-23-10-6-8-18(24(23)29)21-15-20(16-11-13-17(26)14-12-16)27-25(28-21)19-7-4-5-9-22(19)30-2/h4-14,21,25,28-29H,3,15H2,1-2H3/t21-,25+/m0/s1. The summed E-state index contributed by atoms with van der Waals surface area (Å²) in [5.41, 5.74) is 3.75. The number of nitrogens with zero attached hydrogens (tertiary/aromatic N) is 1. The topological polar surface area (TPSA) is 63.1 Å². The lowest BCUT2D eigenvalue weighted by atomic mass is 9.93. The van der Waals surface area contributed by atoms with Gasteiger partial charge in [0.2, 0.25) is 0 Å². The summed E-state index contributed by atoms with van der Waals surface area (Å²) in [6, 6.07) is 21.5. The molecular weight excluding hydrogens is 456 g/mol. The van der Waals surface area contributed by atoms with Crippen LogP contribution in [-0.2, 0) is 0 Å². The molecular formula is C25H25BrN2O3. The first kappa shape index (κ1) is 21.4. The maximum absolute atomic E-state index is 10.9. The van der Waals surface area contributed by atoms with Gasteiger partial charge in [-0.2, -0.15) is 0 Å². The van der Waals surface area contributed by atoms with E-state index in [-0.39, 0.29) is 18.0 Å². The van der Waals surface area contributed by atoms with Crippen molar-refractivity contribution in [2.75, 3.05) is 13.7 Å². The van der Waals surface area contributed by atoms with E-state index in [4.69, 9.17) is 14.5 Å². The number of nitrogens with one attached hydrogen (secondary N) is 1. The largest absolute Gasteiger partial charge is 0.504 e. The van der Waals surface area contributed by atoms with Crippen LogP contribution in [0.4, 0.5) is 0 Å². The van der Waals surface area contributed by atoms with Crippen molar-refractivity contribution in [2.24, 2.45) is 4.99 Å². The Balaban J connectivity index is 1.78. The molecule has 1 heterocycles. The highest BCUT2D eigenvalue weighted by molar-refractivity contribution is 9.10. The molecule has 2 N–H and O–H groups in total. The molecule has 1 aliphatic heterocycles. The van der Waals surface area contributed by atoms with Crippen molar-refractivity contribution in [3.05, 3.63) is 87.9 Å². The van der Waals surface area contributed by atoms with Crippen LogP contribution < -0.4 is 14.8 Å². The van der Waals surface area contributed by atoms with Crippen LogP contribution in [0.15, 0.2) is 76.2 Å². The van der Waals surface area contributed by atoms with Gasteiger partial charge in [-0.3, -0.25) is 10.3 Å². The van der Waals surface area contributed by atoms with E-state index >= 15 is 0 Å². The van der Waals surface area contributed by atoms with Crippen molar-refractivity contribution < 1.29 is 14.6 Å². The number of ether oxygens (including phenoxy) is 2. The molecule has 3 aromatic carbocycles. The van der Waals surface area contributed by atoms with Crippen LogP contribution in [0.3, 0.4) is 0 Å². The fraction of sp³-hybridized carbons (Fsp3) is 0.240. The monoisotopic (exact) mass is 480 g/mol. The van der Waals surface area contributed by atoms with E-state index < -0.39 is 0 Å². The maximum Gasteiger partial charge on any atom is 0.162 e. The van der Waals surface area contributed by atoms with Gasteiger partial charge in [0.15, 0.2) is 11.5 Å². The zero-order valence-corrected chi connectivity index (χ0v) is 19.1. The predicted molar refractivity (Wildman–Crippen MR) is 126 cm³/mol. The Bertz CT molecular complexity index is 1080. The number of rotatable bonds is 6. The molecule has 5 nitrogen and oxygen atoms in total. The first-order chi connectivity index (χ1) is 15.1. The van der Waals surface area contributed by atoms with Crippen LogP contribution in [-0.4, -0.2) is 24.5 Å². The average molecular weight is 481 g/mol. The van der Waals surface area contributed by atoms with E-state index in [0.29, 0.717) is 18.8 Å². The second-order valence-electron chi connectivity index (χ2n) is 7.28. The maximum atomic E-state index is 10.9. The number of hydrogen-bond acceptors (Lipinski definition) is 5. The van der Waals surface area contributed by atoms with Crippen molar-refractivity contribution in [2.45, 2.75) is 25.6 Å². The molecule has 3 aromatic rings. The van der Waals surface area contributed by atoms with Crippen molar-refractivity contribution in [1.29, 1.82) is 0 Å². The van der Waals surface area contributed by atoms with E-state index in [2.05, 4.69) is 33.4 Å². The summed E-state index contributed by atoms with van der Waals surface area (Å²) in [6.45, 7) is 2.39. The van der Waals surface area contributed by atoms with Gasteiger partial charge in [0, 0.05) is 33.8 Å². The van der Waals surface area contributed by atoms with Crippen molar-refractivity contribution in [3.8, 4) is 17.2 Å². The highest BCUT2D eigenvalue weighted by Crippen LogP contribution is 2.40. The molecule has 1 aliphatic rings. The van der Waals surface area contributed by atoms with Gasteiger partial charge in [0.05, 0.1) is 13.7 Å². The summed E-state index contributed by atoms with van der Waals surface area (Å²) in [5.74, 6) is 1.42. The van der Waals surface area contributed by atoms with Crippen LogP contribution in [0, 0.1) is 0 Å². The second-order valence-corrected chi connectivity index (χ2v) is 8.19. The highest BCUT2D eigenvalue weighted by Gasteiger charge is 2.29. The molecule has 0 saturated carbocycles. The zero-order chi connectivity index (χ0) is 21.8. The first-order valence-corrected chi connectivity index (χ1v) is 11.1. The van der Waals surface area contributed by atoms with E-state index in [1.54, 1.807) is 13.2 Å². The average Bonchev–Trinajstić information content (AvgIpc) is 2.80. The van der Waals surface area contributed by atoms with Gasteiger partial charge in [-0.25, -0.2) is 0 Å². The Hall–Kier alpha value is -2.83. The molecule has 0 aromatic heterocycles. The van der Waals surface area contributed by atoms with Gasteiger partial charge in [-0.1, -0.05) is 58.4 Å². The third kappa shape index (κ3) is 4.60. The van der Waals surface area contributed by atoms with E-state index in [1.807, 2.05) is 55.5 Å². The number of phenols is 1. The van der Waals surface area contributed by atoms with Crippen LogP contribution in [0.5, 0.6) is 17.2 Å². The van der Waals surface area contributed by atoms with Crippen LogP contribution >= 0.6 is 15.9 Å². The molecule has 0 bridgehead atoms. The number of phenolic OH excluding ortho intramolecular Hbond substituents is 1. The van der Waals surface area contributed by atoms with Gasteiger partial charge in [-0.05, 0) is 36.8 Å². The highest BCUT2D eigenvalue weighted by atomic mass is 79.9. The minimum Gasteiger partial charge on any atom is -0.504 e. The minimum atomic E-state index is -0.316. The summed E-state index contributed by atoms with van der Waals surface area (Å²) in [4.78, 5) is 5.02. The van der Waals surface area contributed by atoms with Gasteiger partial charge >= 0.3 is 0 Å².